The third-order valence-electron chi connectivity index (χ3n) is 2.13. The third kappa shape index (κ3) is 1.79. The van der Waals surface area contributed by atoms with E-state index in [9.17, 15) is 4.79 Å². The van der Waals surface area contributed by atoms with Crippen LogP contribution >= 0.6 is 11.3 Å². The lowest BCUT2D eigenvalue weighted by Crippen LogP contribution is -2.16. The minimum absolute atomic E-state index is 0.470. The molecule has 2 aromatic rings. The Labute approximate surface area is 90.5 Å². The fourth-order valence-electron chi connectivity index (χ4n) is 1.37. The van der Waals surface area contributed by atoms with Crippen LogP contribution in [0.15, 0.2) is 24.3 Å². The van der Waals surface area contributed by atoms with Gasteiger partial charge in [-0.25, -0.2) is 5.48 Å². The average Bonchev–Trinajstić information content (AvgIpc) is 2.70. The van der Waals surface area contributed by atoms with E-state index in [0.717, 1.165) is 15.8 Å². The number of thiophene rings is 1. The van der Waals surface area contributed by atoms with Crippen LogP contribution in [0, 0.1) is 0 Å². The molecule has 1 aromatic heterocycles. The highest BCUT2D eigenvalue weighted by Gasteiger charge is 2.08. The molecule has 0 fully saturated rings. The molecule has 0 saturated heterocycles. The minimum Gasteiger partial charge on any atom is -0.388 e. The lowest BCUT2D eigenvalue weighted by molar-refractivity contribution is 0.0711. The fraction of sp³-hybridized carbons (Fsp3) is 0.100. The van der Waals surface area contributed by atoms with Crippen molar-refractivity contribution >= 4 is 33.0 Å². The number of carbonyl (C=O) groups is 1. The van der Waals surface area contributed by atoms with E-state index in [-0.39, 0.29) is 0 Å². The highest BCUT2D eigenvalue weighted by Crippen LogP contribution is 2.27. The van der Waals surface area contributed by atoms with Crippen LogP contribution in [0.3, 0.4) is 0 Å². The zero-order chi connectivity index (χ0) is 10.8. The van der Waals surface area contributed by atoms with Crippen molar-refractivity contribution in [3.63, 3.8) is 0 Å². The van der Waals surface area contributed by atoms with Gasteiger partial charge in [0.25, 0.3) is 5.91 Å². The number of carbonyl (C=O) groups excluding carboxylic acids is 1. The van der Waals surface area contributed by atoms with Gasteiger partial charge in [-0.3, -0.25) is 10.0 Å². The first-order valence-electron chi connectivity index (χ1n) is 4.40. The van der Waals surface area contributed by atoms with Gasteiger partial charge in [0.15, 0.2) is 0 Å². The van der Waals surface area contributed by atoms with E-state index in [1.54, 1.807) is 11.5 Å². The molecule has 1 aromatic carbocycles. The third-order valence-corrected chi connectivity index (χ3v) is 3.25. The minimum atomic E-state index is -0.470. The van der Waals surface area contributed by atoms with Gasteiger partial charge in [0, 0.05) is 17.4 Å². The number of rotatable bonds is 2. The maximum absolute atomic E-state index is 11.2. The Bertz CT molecular complexity index is 507. The average molecular weight is 222 g/mol. The van der Waals surface area contributed by atoms with Crippen LogP contribution in [-0.2, 0) is 0 Å². The molecule has 0 aliphatic heterocycles. The Morgan fingerprint density at radius 2 is 2.20 bits per heavy atom. The van der Waals surface area contributed by atoms with E-state index in [4.69, 9.17) is 5.21 Å². The molecule has 1 heterocycles. The summed E-state index contributed by atoms with van der Waals surface area (Å²) in [5, 5.41) is 12.5. The van der Waals surface area contributed by atoms with Gasteiger partial charge in [-0.2, -0.15) is 0 Å². The number of nitrogens with one attached hydrogen (secondary N) is 2. The highest BCUT2D eigenvalue weighted by atomic mass is 32.1. The van der Waals surface area contributed by atoms with Crippen LogP contribution in [0.2, 0.25) is 0 Å². The predicted octanol–water partition coefficient (Wildman–Crippen LogP) is 2.06. The van der Waals surface area contributed by atoms with Crippen LogP contribution in [0.4, 0.5) is 5.69 Å². The summed E-state index contributed by atoms with van der Waals surface area (Å²) >= 11 is 1.35. The van der Waals surface area contributed by atoms with E-state index >= 15 is 0 Å². The SMILES string of the molecule is CNc1ccc2sc(C(=O)NO)cc2c1. The molecular weight excluding hydrogens is 212 g/mol. The molecule has 0 unspecified atom stereocenters. The summed E-state index contributed by atoms with van der Waals surface area (Å²) in [6.45, 7) is 0. The second-order valence-corrected chi connectivity index (χ2v) is 4.14. The monoisotopic (exact) mass is 222 g/mol. The van der Waals surface area contributed by atoms with E-state index in [0.29, 0.717) is 4.88 Å². The largest absolute Gasteiger partial charge is 0.388 e. The molecule has 2 rings (SSSR count). The molecule has 0 spiro atoms. The maximum Gasteiger partial charge on any atom is 0.284 e. The Hall–Kier alpha value is -1.59. The molecule has 3 N–H and O–H groups in total. The van der Waals surface area contributed by atoms with E-state index in [1.165, 1.54) is 11.3 Å². The molecule has 5 heteroatoms. The number of amides is 1. The Kier molecular flexibility index (Phi) is 2.57. The molecule has 0 aliphatic carbocycles. The number of hydrogen-bond acceptors (Lipinski definition) is 4. The second kappa shape index (κ2) is 3.88. The summed E-state index contributed by atoms with van der Waals surface area (Å²) in [5.41, 5.74) is 2.62. The number of benzene rings is 1. The van der Waals surface area contributed by atoms with E-state index < -0.39 is 5.91 Å². The van der Waals surface area contributed by atoms with Gasteiger partial charge in [-0.05, 0) is 29.7 Å². The van der Waals surface area contributed by atoms with Crippen LogP contribution < -0.4 is 10.8 Å². The van der Waals surface area contributed by atoms with Gasteiger partial charge in [-0.1, -0.05) is 0 Å². The standard InChI is InChI=1S/C10H10N2O2S/c1-11-7-2-3-8-6(4-7)5-9(15-8)10(13)12-14/h2-5,11,14H,1H3,(H,12,13). The van der Waals surface area contributed by atoms with Gasteiger partial charge in [-0.15, -0.1) is 11.3 Å². The van der Waals surface area contributed by atoms with Gasteiger partial charge in [0.2, 0.25) is 0 Å². The van der Waals surface area contributed by atoms with Crippen LogP contribution in [0.1, 0.15) is 9.67 Å². The number of hydrogen-bond donors (Lipinski definition) is 3. The van der Waals surface area contributed by atoms with Crippen molar-refractivity contribution in [3.05, 3.63) is 29.1 Å². The Morgan fingerprint density at radius 3 is 2.87 bits per heavy atom. The van der Waals surface area contributed by atoms with Crippen LogP contribution in [0.5, 0.6) is 0 Å². The summed E-state index contributed by atoms with van der Waals surface area (Å²) in [6.07, 6.45) is 0. The normalized spacial score (nSPS) is 10.3. The van der Waals surface area contributed by atoms with Crippen molar-refractivity contribution < 1.29 is 10.0 Å². The van der Waals surface area contributed by atoms with Crippen LogP contribution in [0.25, 0.3) is 10.1 Å². The Balaban J connectivity index is 2.51. The molecule has 0 bridgehead atoms. The van der Waals surface area contributed by atoms with E-state index in [1.807, 2.05) is 25.2 Å². The predicted molar refractivity (Wildman–Crippen MR) is 60.6 cm³/mol. The lowest BCUT2D eigenvalue weighted by Gasteiger charge is -1.97. The van der Waals surface area contributed by atoms with Crippen molar-refractivity contribution in [2.24, 2.45) is 0 Å². The van der Waals surface area contributed by atoms with Crippen molar-refractivity contribution in [2.75, 3.05) is 12.4 Å². The zero-order valence-corrected chi connectivity index (χ0v) is 8.89. The van der Waals surface area contributed by atoms with E-state index in [2.05, 4.69) is 5.32 Å². The molecule has 0 atom stereocenters. The van der Waals surface area contributed by atoms with Crippen molar-refractivity contribution in [3.8, 4) is 0 Å². The van der Waals surface area contributed by atoms with Crippen molar-refractivity contribution in [2.45, 2.75) is 0 Å². The summed E-state index contributed by atoms with van der Waals surface area (Å²) in [5.74, 6) is -0.470. The van der Waals surface area contributed by atoms with Gasteiger partial charge in [0.05, 0.1) is 4.88 Å². The van der Waals surface area contributed by atoms with Gasteiger partial charge >= 0.3 is 0 Å². The summed E-state index contributed by atoms with van der Waals surface area (Å²) < 4.78 is 1.02. The topological polar surface area (TPSA) is 61.4 Å². The highest BCUT2D eigenvalue weighted by molar-refractivity contribution is 7.20. The Morgan fingerprint density at radius 1 is 1.40 bits per heavy atom. The lowest BCUT2D eigenvalue weighted by atomic mass is 10.2. The molecule has 0 aliphatic rings. The van der Waals surface area contributed by atoms with Gasteiger partial charge in [0.1, 0.15) is 0 Å². The second-order valence-electron chi connectivity index (χ2n) is 3.05. The number of hydroxylamine groups is 1. The van der Waals surface area contributed by atoms with Gasteiger partial charge < -0.3 is 5.32 Å². The van der Waals surface area contributed by atoms with Crippen molar-refractivity contribution in [1.82, 2.24) is 5.48 Å². The number of fused-ring (bicyclic) bond motifs is 1. The zero-order valence-electron chi connectivity index (χ0n) is 8.07. The number of anilines is 1. The summed E-state index contributed by atoms with van der Waals surface area (Å²) in [7, 11) is 1.84. The molecule has 4 nitrogen and oxygen atoms in total. The molecule has 15 heavy (non-hydrogen) atoms. The maximum atomic E-state index is 11.2. The first kappa shape index (κ1) is 9.95. The molecule has 78 valence electrons. The summed E-state index contributed by atoms with van der Waals surface area (Å²) in [4.78, 5) is 11.7. The fourth-order valence-corrected chi connectivity index (χ4v) is 2.30. The van der Waals surface area contributed by atoms with Crippen molar-refractivity contribution in [1.29, 1.82) is 0 Å². The summed E-state index contributed by atoms with van der Waals surface area (Å²) in [6, 6.07) is 7.60. The molecule has 0 saturated carbocycles. The first-order valence-corrected chi connectivity index (χ1v) is 5.22. The molecule has 1 amide bonds. The first-order chi connectivity index (χ1) is 7.24. The quantitative estimate of drug-likeness (QED) is 0.538. The smallest absolute Gasteiger partial charge is 0.284 e. The molecule has 0 radical (unpaired) electrons. The molecular formula is C10H10N2O2S. The van der Waals surface area contributed by atoms with Crippen LogP contribution in [-0.4, -0.2) is 18.2 Å².